The number of rotatable bonds is 66. The first-order valence-corrected chi connectivity index (χ1v) is 39.4. The molecule has 2 rings (SSSR count). The average molecular weight is 1320 g/mol. The van der Waals surface area contributed by atoms with E-state index in [2.05, 4.69) is 67.8 Å². The number of ether oxygens (including phenoxy) is 4. The molecule has 0 aromatic carbocycles. The number of hydrogen-bond acceptors (Lipinski definition) is 13. The van der Waals surface area contributed by atoms with Gasteiger partial charge in [0.05, 0.1) is 32.0 Å². The van der Waals surface area contributed by atoms with E-state index in [1.54, 1.807) is 0 Å². The number of allylic oxidation sites excluding steroid dienone is 8. The number of hydrogen-bond donors (Lipinski definition) is 9. The molecule has 0 saturated carbocycles. The van der Waals surface area contributed by atoms with E-state index < -0.39 is 86.8 Å². The molecule has 2 saturated heterocycles. The smallest absolute Gasteiger partial charge is 0.220 e. The van der Waals surface area contributed by atoms with E-state index in [1.165, 1.54) is 250 Å². The van der Waals surface area contributed by atoms with E-state index in [0.717, 1.165) is 77.0 Å². The van der Waals surface area contributed by atoms with E-state index >= 15 is 0 Å². The Morgan fingerprint density at radius 1 is 0.398 bits per heavy atom. The topological polar surface area (TPSA) is 228 Å². The number of aliphatic hydroxyl groups is 8. The third-order valence-electron chi connectivity index (χ3n) is 19.3. The van der Waals surface area contributed by atoms with Gasteiger partial charge in [-0.05, 0) is 51.4 Å². The van der Waals surface area contributed by atoms with E-state index in [1.807, 2.05) is 0 Å². The summed E-state index contributed by atoms with van der Waals surface area (Å²) in [6.07, 6.45) is 67.3. The van der Waals surface area contributed by atoms with Crippen LogP contribution in [-0.2, 0) is 23.7 Å². The maximum Gasteiger partial charge on any atom is 0.220 e. The van der Waals surface area contributed by atoms with Crippen molar-refractivity contribution in [2.24, 2.45) is 0 Å². The Labute approximate surface area is 569 Å². The summed E-state index contributed by atoms with van der Waals surface area (Å²) in [7, 11) is 0. The van der Waals surface area contributed by atoms with Crippen LogP contribution in [-0.4, -0.2) is 140 Å². The molecule has 93 heavy (non-hydrogen) atoms. The van der Waals surface area contributed by atoms with Gasteiger partial charge >= 0.3 is 0 Å². The van der Waals surface area contributed by atoms with Crippen molar-refractivity contribution in [3.05, 3.63) is 48.6 Å². The molecule has 2 heterocycles. The van der Waals surface area contributed by atoms with Crippen LogP contribution in [0, 0.1) is 0 Å². The summed E-state index contributed by atoms with van der Waals surface area (Å²) in [6, 6.07) is -0.828. The summed E-state index contributed by atoms with van der Waals surface area (Å²) in [5.74, 6) is -0.199. The predicted octanol–water partition coefficient (Wildman–Crippen LogP) is 17.4. The number of carbonyl (C=O) groups is 1. The van der Waals surface area contributed by atoms with Crippen LogP contribution in [0.25, 0.3) is 0 Å². The SMILES string of the molecule is CC/C=C\C/C=C\C/C=C\C/C=C\CCCCCCCCCCCCCCCCCCCCCCCCCCCCC(=O)NC(COC1OC(CO)C(OC2OC(CO)C(O)C(O)C2O)C(O)C1O)C(O)CCCCCCCCCCCCCCCCCCCCCC. The van der Waals surface area contributed by atoms with Crippen LogP contribution in [0.3, 0.4) is 0 Å². The molecule has 2 fully saturated rings. The fourth-order valence-corrected chi connectivity index (χ4v) is 13.1. The molecule has 9 N–H and O–H groups in total. The minimum Gasteiger partial charge on any atom is -0.394 e. The number of unbranched alkanes of at least 4 members (excludes halogenated alkanes) is 45. The quantitative estimate of drug-likeness (QED) is 0.0204. The Bertz CT molecular complexity index is 1750. The molecule has 1 amide bonds. The molecule has 12 unspecified atom stereocenters. The third kappa shape index (κ3) is 46.8. The molecule has 0 aromatic rings. The lowest BCUT2D eigenvalue weighted by atomic mass is 9.97. The van der Waals surface area contributed by atoms with Gasteiger partial charge in [0.15, 0.2) is 12.6 Å². The number of nitrogens with one attached hydrogen (secondary N) is 1. The average Bonchev–Trinajstić information content (AvgIpc) is 0.854. The van der Waals surface area contributed by atoms with Crippen LogP contribution in [0.2, 0.25) is 0 Å². The molecule has 0 radical (unpaired) electrons. The van der Waals surface area contributed by atoms with Gasteiger partial charge in [-0.2, -0.15) is 0 Å². The number of carbonyl (C=O) groups excluding carboxylic acids is 1. The molecule has 0 spiro atoms. The number of amides is 1. The molecule has 546 valence electrons. The van der Waals surface area contributed by atoms with Crippen molar-refractivity contribution >= 4 is 5.91 Å². The highest BCUT2D eigenvalue weighted by atomic mass is 16.7. The monoisotopic (exact) mass is 1320 g/mol. The third-order valence-corrected chi connectivity index (χ3v) is 19.3. The molecule has 0 bridgehead atoms. The Kier molecular flexibility index (Phi) is 59.3. The van der Waals surface area contributed by atoms with Gasteiger partial charge in [-0.15, -0.1) is 0 Å². The maximum absolute atomic E-state index is 13.4. The second kappa shape index (κ2) is 63.4. The van der Waals surface area contributed by atoms with Crippen LogP contribution < -0.4 is 5.32 Å². The molecule has 2 aliphatic heterocycles. The minimum absolute atomic E-state index is 0.199. The lowest BCUT2D eigenvalue weighted by Crippen LogP contribution is -2.65. The zero-order chi connectivity index (χ0) is 67.3. The van der Waals surface area contributed by atoms with Crippen molar-refractivity contribution in [3.8, 4) is 0 Å². The van der Waals surface area contributed by atoms with Gasteiger partial charge in [0.1, 0.15) is 48.8 Å². The van der Waals surface area contributed by atoms with Crippen molar-refractivity contribution < 1.29 is 64.6 Å². The molecule has 12 atom stereocenters. The van der Waals surface area contributed by atoms with Crippen molar-refractivity contribution in [1.29, 1.82) is 0 Å². The first kappa shape index (κ1) is 87.0. The van der Waals surface area contributed by atoms with Gasteiger partial charge in [0, 0.05) is 6.42 Å². The standard InChI is InChI=1S/C79H147NO13/c1-3-5-7-9-11-13-15-17-19-21-23-25-26-27-28-29-30-31-32-33-34-35-36-37-38-39-40-41-42-43-45-47-49-51-53-55-57-59-61-63-71(84)80-67(68(83)62-60-58-56-54-52-50-48-46-44-24-22-20-18-16-14-12-10-8-6-4-2)66-90-78-76(89)74(87)77(70(65-82)92-78)93-79-75(88)73(86)72(85)69(64-81)91-79/h5,7,11,13,17,19,23,25,67-70,72-79,81-83,85-89H,3-4,6,8-10,12,14-16,18,20-22,24,26-66H2,1-2H3,(H,80,84)/b7-5-,13-11-,19-17-,25-23-. The van der Waals surface area contributed by atoms with Gasteiger partial charge in [-0.3, -0.25) is 4.79 Å². The summed E-state index contributed by atoms with van der Waals surface area (Å²) < 4.78 is 23.0. The Morgan fingerprint density at radius 2 is 0.742 bits per heavy atom. The van der Waals surface area contributed by atoms with Gasteiger partial charge in [-0.1, -0.05) is 345 Å². The van der Waals surface area contributed by atoms with E-state index in [9.17, 15) is 45.6 Å². The van der Waals surface area contributed by atoms with Crippen LogP contribution in [0.4, 0.5) is 0 Å². The van der Waals surface area contributed by atoms with Crippen LogP contribution in [0.1, 0.15) is 354 Å². The lowest BCUT2D eigenvalue weighted by molar-refractivity contribution is -0.359. The van der Waals surface area contributed by atoms with E-state index in [4.69, 9.17) is 18.9 Å². The fourth-order valence-electron chi connectivity index (χ4n) is 13.1. The van der Waals surface area contributed by atoms with Crippen LogP contribution >= 0.6 is 0 Å². The molecular weight excluding hydrogens is 1170 g/mol. The predicted molar refractivity (Wildman–Crippen MR) is 383 cm³/mol. The Balaban J connectivity index is 1.56. The molecular formula is C79H147NO13. The van der Waals surface area contributed by atoms with E-state index in [0.29, 0.717) is 12.8 Å². The molecule has 14 heteroatoms. The highest BCUT2D eigenvalue weighted by Gasteiger charge is 2.51. The summed E-state index contributed by atoms with van der Waals surface area (Å²) in [4.78, 5) is 13.4. The molecule has 2 aliphatic rings. The van der Waals surface area contributed by atoms with Crippen molar-refractivity contribution in [3.63, 3.8) is 0 Å². The summed E-state index contributed by atoms with van der Waals surface area (Å²) in [5, 5.41) is 87.8. The van der Waals surface area contributed by atoms with Gasteiger partial charge < -0.3 is 65.1 Å². The zero-order valence-corrected chi connectivity index (χ0v) is 59.8. The second-order valence-electron chi connectivity index (χ2n) is 27.8. The van der Waals surface area contributed by atoms with Crippen LogP contribution in [0.15, 0.2) is 48.6 Å². The van der Waals surface area contributed by atoms with Crippen molar-refractivity contribution in [2.45, 2.75) is 428 Å². The second-order valence-corrected chi connectivity index (χ2v) is 27.8. The first-order valence-electron chi connectivity index (χ1n) is 39.4. The van der Waals surface area contributed by atoms with Gasteiger partial charge in [-0.25, -0.2) is 0 Å². The fraction of sp³-hybridized carbons (Fsp3) is 0.886. The van der Waals surface area contributed by atoms with Crippen molar-refractivity contribution in [2.75, 3.05) is 19.8 Å². The number of aliphatic hydroxyl groups excluding tert-OH is 8. The lowest BCUT2D eigenvalue weighted by Gasteiger charge is -2.46. The Hall–Kier alpha value is -2.05. The zero-order valence-electron chi connectivity index (χ0n) is 59.8. The van der Waals surface area contributed by atoms with Crippen molar-refractivity contribution in [1.82, 2.24) is 5.32 Å². The Morgan fingerprint density at radius 3 is 1.14 bits per heavy atom. The largest absolute Gasteiger partial charge is 0.394 e. The van der Waals surface area contributed by atoms with E-state index in [-0.39, 0.29) is 12.5 Å². The maximum atomic E-state index is 13.4. The van der Waals surface area contributed by atoms with Gasteiger partial charge in [0.2, 0.25) is 5.91 Å². The molecule has 0 aliphatic carbocycles. The highest BCUT2D eigenvalue weighted by molar-refractivity contribution is 5.76. The minimum atomic E-state index is -1.78. The molecule has 14 nitrogen and oxygen atoms in total. The summed E-state index contributed by atoms with van der Waals surface area (Å²) in [6.45, 7) is 2.80. The highest BCUT2D eigenvalue weighted by Crippen LogP contribution is 2.30. The molecule has 0 aromatic heterocycles. The van der Waals surface area contributed by atoms with Gasteiger partial charge in [0.25, 0.3) is 0 Å². The summed E-state index contributed by atoms with van der Waals surface area (Å²) in [5.41, 5.74) is 0. The summed E-state index contributed by atoms with van der Waals surface area (Å²) >= 11 is 0. The normalized spacial score (nSPS) is 22.8. The first-order chi connectivity index (χ1) is 45.6. The van der Waals surface area contributed by atoms with Crippen LogP contribution in [0.5, 0.6) is 0 Å².